The third kappa shape index (κ3) is 4.27. The van der Waals surface area contributed by atoms with Crippen LogP contribution in [0.4, 0.5) is 5.69 Å². The number of rotatable bonds is 8. The van der Waals surface area contributed by atoms with E-state index < -0.39 is 0 Å². The van der Waals surface area contributed by atoms with Gasteiger partial charge in [0, 0.05) is 45.7 Å². The van der Waals surface area contributed by atoms with Crippen LogP contribution in [0.2, 0.25) is 0 Å². The maximum atomic E-state index is 5.55. The number of nitrogens with zero attached hydrogens (tertiary/aromatic N) is 7. The van der Waals surface area contributed by atoms with Gasteiger partial charge in [0.1, 0.15) is 5.75 Å². The molecule has 2 aromatic heterocycles. The van der Waals surface area contributed by atoms with Gasteiger partial charge in [-0.05, 0) is 34.2 Å². The number of hydrogen-bond donors (Lipinski definition) is 0. The zero-order valence-corrected chi connectivity index (χ0v) is 17.4. The van der Waals surface area contributed by atoms with Crippen LogP contribution in [-0.2, 0) is 11.3 Å². The van der Waals surface area contributed by atoms with E-state index in [0.29, 0.717) is 13.2 Å². The lowest BCUT2D eigenvalue weighted by molar-refractivity contribution is 0.171. The van der Waals surface area contributed by atoms with E-state index in [4.69, 9.17) is 9.47 Å². The van der Waals surface area contributed by atoms with E-state index in [-0.39, 0.29) is 6.04 Å². The lowest BCUT2D eigenvalue weighted by atomic mass is 10.1. The Morgan fingerprint density at radius 2 is 1.87 bits per heavy atom. The van der Waals surface area contributed by atoms with E-state index in [1.165, 1.54) is 0 Å². The van der Waals surface area contributed by atoms with Gasteiger partial charge in [0.25, 0.3) is 0 Å². The summed E-state index contributed by atoms with van der Waals surface area (Å²) in [5.74, 6) is 1.71. The maximum Gasteiger partial charge on any atom is 0.173 e. The first-order chi connectivity index (χ1) is 14.8. The molecule has 0 saturated carbocycles. The largest absolute Gasteiger partial charge is 0.495 e. The molecule has 1 aliphatic rings. The molecule has 0 N–H and O–H groups in total. The molecule has 1 atom stereocenters. The fraction of sp³-hybridized carbons (Fsp3) is 0.429. The summed E-state index contributed by atoms with van der Waals surface area (Å²) in [7, 11) is 3.40. The van der Waals surface area contributed by atoms with E-state index in [0.717, 1.165) is 49.0 Å². The highest BCUT2D eigenvalue weighted by atomic mass is 16.5. The SMILES string of the molecule is COCCn1nnnc1C(c1cccnc1)N1CCN(c2ccccc2OC)CC1. The van der Waals surface area contributed by atoms with Crippen molar-refractivity contribution in [2.45, 2.75) is 12.6 Å². The average molecular weight is 409 g/mol. The Kier molecular flexibility index (Phi) is 6.50. The van der Waals surface area contributed by atoms with Crippen molar-refractivity contribution in [1.29, 1.82) is 0 Å². The van der Waals surface area contributed by atoms with Crippen molar-refractivity contribution in [3.05, 3.63) is 60.2 Å². The third-order valence-corrected chi connectivity index (χ3v) is 5.42. The first-order valence-electron chi connectivity index (χ1n) is 10.1. The normalized spacial score (nSPS) is 15.9. The Morgan fingerprint density at radius 3 is 2.60 bits per heavy atom. The number of ether oxygens (including phenoxy) is 2. The van der Waals surface area contributed by atoms with Crippen LogP contribution in [0.3, 0.4) is 0 Å². The summed E-state index contributed by atoms with van der Waals surface area (Å²) in [6, 6.07) is 12.1. The zero-order valence-electron chi connectivity index (χ0n) is 17.4. The molecule has 0 aliphatic carbocycles. The van der Waals surface area contributed by atoms with Gasteiger partial charge >= 0.3 is 0 Å². The fourth-order valence-electron chi connectivity index (χ4n) is 3.92. The van der Waals surface area contributed by atoms with Crippen molar-refractivity contribution >= 4 is 5.69 Å². The predicted octanol–water partition coefficient (Wildman–Crippen LogP) is 1.63. The molecular formula is C21H27N7O2. The van der Waals surface area contributed by atoms with Crippen molar-refractivity contribution < 1.29 is 9.47 Å². The number of aromatic nitrogens is 5. The Hall–Kier alpha value is -3.04. The number of anilines is 1. The average Bonchev–Trinajstić information content (AvgIpc) is 3.27. The lowest BCUT2D eigenvalue weighted by Crippen LogP contribution is -2.48. The van der Waals surface area contributed by atoms with Crippen LogP contribution >= 0.6 is 0 Å². The number of hydrogen-bond acceptors (Lipinski definition) is 8. The quantitative estimate of drug-likeness (QED) is 0.555. The third-order valence-electron chi connectivity index (χ3n) is 5.42. The number of tetrazole rings is 1. The molecule has 1 aliphatic heterocycles. The minimum Gasteiger partial charge on any atom is -0.495 e. The molecular weight excluding hydrogens is 382 g/mol. The van der Waals surface area contributed by atoms with Gasteiger partial charge in [-0.15, -0.1) is 5.10 Å². The van der Waals surface area contributed by atoms with Gasteiger partial charge in [-0.3, -0.25) is 9.88 Å². The molecule has 1 fully saturated rings. The number of methoxy groups -OCH3 is 2. The molecule has 3 aromatic rings. The molecule has 3 heterocycles. The standard InChI is InChI=1S/C21H27N7O2/c1-29-15-14-28-21(23-24-25-28)20(17-6-5-9-22-16-17)27-12-10-26(11-13-27)18-7-3-4-8-19(18)30-2/h3-9,16,20H,10-15H2,1-2H3. The number of para-hydroxylation sites is 2. The van der Waals surface area contributed by atoms with Crippen LogP contribution in [0.1, 0.15) is 17.4 Å². The zero-order chi connectivity index (χ0) is 20.8. The van der Waals surface area contributed by atoms with Crippen molar-refractivity contribution in [3.63, 3.8) is 0 Å². The van der Waals surface area contributed by atoms with Crippen molar-refractivity contribution in [2.24, 2.45) is 0 Å². The monoisotopic (exact) mass is 409 g/mol. The first-order valence-corrected chi connectivity index (χ1v) is 10.1. The Morgan fingerprint density at radius 1 is 1.03 bits per heavy atom. The van der Waals surface area contributed by atoms with Crippen LogP contribution < -0.4 is 9.64 Å². The van der Waals surface area contributed by atoms with Crippen LogP contribution in [0.15, 0.2) is 48.8 Å². The van der Waals surface area contributed by atoms with Gasteiger partial charge in [0.05, 0.1) is 32.0 Å². The second-order valence-corrected chi connectivity index (χ2v) is 7.14. The highest BCUT2D eigenvalue weighted by Crippen LogP contribution is 2.31. The molecule has 158 valence electrons. The number of benzene rings is 1. The summed E-state index contributed by atoms with van der Waals surface area (Å²) >= 11 is 0. The van der Waals surface area contributed by atoms with Crippen LogP contribution in [0.5, 0.6) is 5.75 Å². The maximum absolute atomic E-state index is 5.55. The van der Waals surface area contributed by atoms with Gasteiger partial charge in [0.2, 0.25) is 0 Å². The minimum absolute atomic E-state index is 0.0645. The lowest BCUT2D eigenvalue weighted by Gasteiger charge is -2.40. The molecule has 1 saturated heterocycles. The van der Waals surface area contributed by atoms with Gasteiger partial charge < -0.3 is 14.4 Å². The first kappa shape index (κ1) is 20.2. The Balaban J connectivity index is 1.57. The summed E-state index contributed by atoms with van der Waals surface area (Å²) in [5.41, 5.74) is 2.21. The number of piperazine rings is 1. The van der Waals surface area contributed by atoms with Crippen molar-refractivity contribution in [1.82, 2.24) is 30.1 Å². The van der Waals surface area contributed by atoms with E-state index >= 15 is 0 Å². The van der Waals surface area contributed by atoms with Crippen LogP contribution in [-0.4, -0.2) is 77.1 Å². The van der Waals surface area contributed by atoms with Crippen LogP contribution in [0.25, 0.3) is 0 Å². The predicted molar refractivity (Wildman–Crippen MR) is 113 cm³/mol. The highest BCUT2D eigenvalue weighted by Gasteiger charge is 2.31. The fourth-order valence-corrected chi connectivity index (χ4v) is 3.92. The van der Waals surface area contributed by atoms with E-state index in [2.05, 4.69) is 42.4 Å². The van der Waals surface area contributed by atoms with Crippen LogP contribution in [0, 0.1) is 0 Å². The molecule has 0 radical (unpaired) electrons. The molecule has 9 heteroatoms. The second-order valence-electron chi connectivity index (χ2n) is 7.14. The van der Waals surface area contributed by atoms with Gasteiger partial charge in [0.15, 0.2) is 5.82 Å². The summed E-state index contributed by atoms with van der Waals surface area (Å²) in [4.78, 5) is 9.11. The van der Waals surface area contributed by atoms with Crippen molar-refractivity contribution in [3.8, 4) is 5.75 Å². The smallest absolute Gasteiger partial charge is 0.173 e. The van der Waals surface area contributed by atoms with E-state index in [1.54, 1.807) is 20.4 Å². The van der Waals surface area contributed by atoms with Crippen molar-refractivity contribution in [2.75, 3.05) is 51.9 Å². The van der Waals surface area contributed by atoms with Gasteiger partial charge in [-0.1, -0.05) is 18.2 Å². The minimum atomic E-state index is -0.0645. The van der Waals surface area contributed by atoms with Gasteiger partial charge in [-0.25, -0.2) is 4.68 Å². The topological polar surface area (TPSA) is 81.4 Å². The molecule has 0 amide bonds. The van der Waals surface area contributed by atoms with Gasteiger partial charge in [-0.2, -0.15) is 0 Å². The Bertz CT molecular complexity index is 926. The molecule has 0 bridgehead atoms. The molecule has 1 unspecified atom stereocenters. The summed E-state index contributed by atoms with van der Waals surface area (Å²) in [6.07, 6.45) is 3.68. The highest BCUT2D eigenvalue weighted by molar-refractivity contribution is 5.58. The molecule has 4 rings (SSSR count). The molecule has 1 aromatic carbocycles. The molecule has 30 heavy (non-hydrogen) atoms. The number of pyridine rings is 1. The summed E-state index contributed by atoms with van der Waals surface area (Å²) in [5, 5.41) is 12.5. The second kappa shape index (κ2) is 9.64. The molecule has 0 spiro atoms. The van der Waals surface area contributed by atoms with E-state index in [1.807, 2.05) is 35.1 Å². The summed E-state index contributed by atoms with van der Waals surface area (Å²) in [6.45, 7) is 4.67. The summed E-state index contributed by atoms with van der Waals surface area (Å²) < 4.78 is 12.6. The Labute approximate surface area is 176 Å². The van der Waals surface area contributed by atoms with E-state index in [9.17, 15) is 0 Å². The molecule has 9 nitrogen and oxygen atoms in total.